The van der Waals surface area contributed by atoms with Crippen molar-refractivity contribution in [3.05, 3.63) is 28.8 Å². The smallest absolute Gasteiger partial charge is 0.337 e. The molecule has 1 aliphatic rings. The fraction of sp³-hybridized carbons (Fsp3) is 0.500. The highest BCUT2D eigenvalue weighted by Gasteiger charge is 2.33. The van der Waals surface area contributed by atoms with Crippen LogP contribution < -0.4 is 0 Å². The first-order chi connectivity index (χ1) is 9.87. The third kappa shape index (κ3) is 3.22. The average molecular weight is 332 g/mol. The quantitative estimate of drug-likeness (QED) is 0.920. The van der Waals surface area contributed by atoms with E-state index in [1.54, 1.807) is 0 Å². The molecule has 1 aliphatic heterocycles. The molecule has 1 atom stereocenters. The summed E-state index contributed by atoms with van der Waals surface area (Å²) < 4.78 is 27.0. The summed E-state index contributed by atoms with van der Waals surface area (Å²) >= 11 is 5.79. The maximum absolute atomic E-state index is 12.7. The highest BCUT2D eigenvalue weighted by atomic mass is 35.5. The molecular weight excluding hydrogens is 314 g/mol. The minimum atomic E-state index is -3.68. The summed E-state index contributed by atoms with van der Waals surface area (Å²) in [6, 6.07) is 3.81. The number of sulfonamides is 1. The Bertz CT molecular complexity index is 644. The van der Waals surface area contributed by atoms with Crippen molar-refractivity contribution in [3.63, 3.8) is 0 Å². The van der Waals surface area contributed by atoms with Crippen LogP contribution in [-0.4, -0.2) is 36.4 Å². The zero-order valence-corrected chi connectivity index (χ0v) is 13.3. The van der Waals surface area contributed by atoms with Crippen LogP contribution in [0, 0.1) is 0 Å². The first kappa shape index (κ1) is 16.3. The fourth-order valence-corrected chi connectivity index (χ4v) is 4.65. The normalized spacial score (nSPS) is 20.4. The second-order valence-electron chi connectivity index (χ2n) is 5.12. The van der Waals surface area contributed by atoms with Crippen LogP contribution in [-0.2, 0) is 10.0 Å². The predicted octanol–water partition coefficient (Wildman–Crippen LogP) is 2.99. The van der Waals surface area contributed by atoms with E-state index in [1.807, 2.05) is 6.92 Å². The Labute approximate surface area is 129 Å². The van der Waals surface area contributed by atoms with Crippen molar-refractivity contribution in [1.29, 1.82) is 0 Å². The van der Waals surface area contributed by atoms with E-state index in [9.17, 15) is 13.2 Å². The number of piperidine rings is 1. The highest BCUT2D eigenvalue weighted by molar-refractivity contribution is 7.89. The van der Waals surface area contributed by atoms with Crippen LogP contribution in [0.4, 0.5) is 0 Å². The summed E-state index contributed by atoms with van der Waals surface area (Å²) in [5.74, 6) is -1.23. The SMILES string of the molecule is CC[C@@H]1CCCCN1S(=O)(=O)c1ccc(Cl)c(C(=O)O)c1. The lowest BCUT2D eigenvalue weighted by atomic mass is 10.0. The molecule has 1 aromatic carbocycles. The maximum Gasteiger partial charge on any atom is 0.337 e. The molecule has 0 saturated carbocycles. The van der Waals surface area contributed by atoms with Crippen molar-refractivity contribution in [2.75, 3.05) is 6.54 Å². The largest absolute Gasteiger partial charge is 0.478 e. The molecule has 0 aromatic heterocycles. The van der Waals surface area contributed by atoms with E-state index in [0.29, 0.717) is 6.54 Å². The molecule has 1 heterocycles. The van der Waals surface area contributed by atoms with Gasteiger partial charge >= 0.3 is 5.97 Å². The first-order valence-corrected chi connectivity index (χ1v) is 8.74. The molecule has 1 saturated heterocycles. The zero-order valence-electron chi connectivity index (χ0n) is 11.8. The third-order valence-corrected chi connectivity index (χ3v) is 6.10. The topological polar surface area (TPSA) is 74.7 Å². The van der Waals surface area contributed by atoms with Crippen LogP contribution in [0.15, 0.2) is 23.1 Å². The van der Waals surface area contributed by atoms with E-state index in [-0.39, 0.29) is 21.5 Å². The molecule has 21 heavy (non-hydrogen) atoms. The van der Waals surface area contributed by atoms with Crippen LogP contribution in [0.1, 0.15) is 43.0 Å². The summed E-state index contributed by atoms with van der Waals surface area (Å²) in [4.78, 5) is 11.1. The Hall–Kier alpha value is -1.11. The molecule has 5 nitrogen and oxygen atoms in total. The monoisotopic (exact) mass is 331 g/mol. The van der Waals surface area contributed by atoms with Gasteiger partial charge in [-0.05, 0) is 37.5 Å². The second-order valence-corrected chi connectivity index (χ2v) is 7.42. The van der Waals surface area contributed by atoms with Gasteiger partial charge in [0.25, 0.3) is 0 Å². The number of aromatic carboxylic acids is 1. The molecule has 0 spiro atoms. The zero-order chi connectivity index (χ0) is 15.6. The molecule has 0 aliphatic carbocycles. The van der Waals surface area contributed by atoms with Gasteiger partial charge in [-0.2, -0.15) is 4.31 Å². The number of carbonyl (C=O) groups is 1. The van der Waals surface area contributed by atoms with Gasteiger partial charge in [0, 0.05) is 12.6 Å². The summed E-state index contributed by atoms with van der Waals surface area (Å²) in [7, 11) is -3.68. The van der Waals surface area contributed by atoms with Crippen LogP contribution in [0.5, 0.6) is 0 Å². The van der Waals surface area contributed by atoms with Crippen LogP contribution in [0.25, 0.3) is 0 Å². The van der Waals surface area contributed by atoms with Gasteiger partial charge in [-0.3, -0.25) is 0 Å². The molecule has 0 unspecified atom stereocenters. The van der Waals surface area contributed by atoms with Gasteiger partial charge in [-0.1, -0.05) is 24.9 Å². The lowest BCUT2D eigenvalue weighted by Gasteiger charge is -2.34. The Morgan fingerprint density at radius 3 is 2.76 bits per heavy atom. The Balaban J connectivity index is 2.43. The summed E-state index contributed by atoms with van der Waals surface area (Å²) in [5, 5.41) is 9.11. The van der Waals surface area contributed by atoms with E-state index < -0.39 is 16.0 Å². The number of benzene rings is 1. The number of nitrogens with zero attached hydrogens (tertiary/aromatic N) is 1. The summed E-state index contributed by atoms with van der Waals surface area (Å²) in [6.07, 6.45) is 3.44. The predicted molar refractivity (Wildman–Crippen MR) is 80.2 cm³/mol. The number of carboxylic acids is 1. The fourth-order valence-electron chi connectivity index (χ4n) is 2.66. The molecule has 7 heteroatoms. The number of halogens is 1. The van der Waals surface area contributed by atoms with E-state index in [0.717, 1.165) is 31.7 Å². The van der Waals surface area contributed by atoms with Gasteiger partial charge < -0.3 is 5.11 Å². The average Bonchev–Trinajstić information content (AvgIpc) is 2.47. The minimum Gasteiger partial charge on any atom is -0.478 e. The van der Waals surface area contributed by atoms with E-state index >= 15 is 0 Å². The van der Waals surface area contributed by atoms with Crippen molar-refractivity contribution in [2.24, 2.45) is 0 Å². The first-order valence-electron chi connectivity index (χ1n) is 6.92. The number of carboxylic acid groups (broad SMARTS) is 1. The molecule has 116 valence electrons. The lowest BCUT2D eigenvalue weighted by Crippen LogP contribution is -2.43. The van der Waals surface area contributed by atoms with Crippen molar-refractivity contribution in [3.8, 4) is 0 Å². The van der Waals surface area contributed by atoms with E-state index in [1.165, 1.54) is 16.4 Å². The maximum atomic E-state index is 12.7. The lowest BCUT2D eigenvalue weighted by molar-refractivity contribution is 0.0697. The minimum absolute atomic E-state index is 0.00958. The van der Waals surface area contributed by atoms with Crippen LogP contribution >= 0.6 is 11.6 Å². The Kier molecular flexibility index (Phi) is 4.91. The van der Waals surface area contributed by atoms with E-state index in [4.69, 9.17) is 16.7 Å². The van der Waals surface area contributed by atoms with Gasteiger partial charge in [0.15, 0.2) is 0 Å². The third-order valence-electron chi connectivity index (χ3n) is 3.82. The molecule has 0 radical (unpaired) electrons. The van der Waals surface area contributed by atoms with Gasteiger partial charge in [-0.15, -0.1) is 0 Å². The van der Waals surface area contributed by atoms with Gasteiger partial charge in [-0.25, -0.2) is 13.2 Å². The Morgan fingerprint density at radius 2 is 2.14 bits per heavy atom. The van der Waals surface area contributed by atoms with Crippen LogP contribution in [0.2, 0.25) is 5.02 Å². The molecule has 2 rings (SSSR count). The highest BCUT2D eigenvalue weighted by Crippen LogP contribution is 2.29. The number of hydrogen-bond donors (Lipinski definition) is 1. The number of rotatable bonds is 4. The van der Waals surface area contributed by atoms with Gasteiger partial charge in [0.05, 0.1) is 15.5 Å². The Morgan fingerprint density at radius 1 is 1.43 bits per heavy atom. The molecule has 1 fully saturated rings. The van der Waals surface area contributed by atoms with Gasteiger partial charge in [0.2, 0.25) is 10.0 Å². The standard InChI is InChI=1S/C14H18ClNO4S/c1-2-10-5-3-4-8-16(10)21(19,20)11-6-7-13(15)12(9-11)14(17)18/h6-7,9-10H,2-5,8H2,1H3,(H,17,18)/t10-/m1/s1. The summed E-state index contributed by atoms with van der Waals surface area (Å²) in [5.41, 5.74) is -0.192. The summed E-state index contributed by atoms with van der Waals surface area (Å²) in [6.45, 7) is 2.44. The van der Waals surface area contributed by atoms with Crippen molar-refractivity contribution < 1.29 is 18.3 Å². The molecule has 0 amide bonds. The van der Waals surface area contributed by atoms with Crippen LogP contribution in [0.3, 0.4) is 0 Å². The van der Waals surface area contributed by atoms with Crippen molar-refractivity contribution >= 4 is 27.6 Å². The number of hydrogen-bond acceptors (Lipinski definition) is 3. The van der Waals surface area contributed by atoms with Crippen molar-refractivity contribution in [2.45, 2.75) is 43.5 Å². The second kappa shape index (κ2) is 6.34. The molecular formula is C14H18ClNO4S. The molecule has 1 aromatic rings. The van der Waals surface area contributed by atoms with Gasteiger partial charge in [0.1, 0.15) is 0 Å². The van der Waals surface area contributed by atoms with Crippen molar-refractivity contribution in [1.82, 2.24) is 4.31 Å². The molecule has 0 bridgehead atoms. The van der Waals surface area contributed by atoms with E-state index in [2.05, 4.69) is 0 Å². The molecule has 1 N–H and O–H groups in total.